The Morgan fingerprint density at radius 3 is 2.55 bits per heavy atom. The molecule has 1 rings (SSSR count). The molecule has 1 aromatic rings. The Labute approximate surface area is 78.4 Å². The van der Waals surface area contributed by atoms with Gasteiger partial charge < -0.3 is 6.15 Å². The van der Waals surface area contributed by atoms with Crippen LogP contribution in [0.2, 0.25) is 0 Å². The lowest BCUT2D eigenvalue weighted by Crippen LogP contribution is -1.84. The predicted molar refractivity (Wildman–Crippen MR) is 53.6 cm³/mol. The summed E-state index contributed by atoms with van der Waals surface area (Å²) in [5, 5.41) is 0. The second-order valence-corrected chi connectivity index (χ2v) is 2.07. The van der Waals surface area contributed by atoms with Crippen LogP contribution in [0.1, 0.15) is 19.0 Å². The number of hydrogen-bond donors (Lipinski definition) is 1. The molecule has 0 aliphatic heterocycles. The molecule has 0 aliphatic carbocycles. The Morgan fingerprint density at radius 1 is 1.36 bits per heavy atom. The van der Waals surface area contributed by atoms with E-state index in [0.29, 0.717) is 0 Å². The summed E-state index contributed by atoms with van der Waals surface area (Å²) in [6.07, 6.45) is 4.11. The highest BCUT2D eigenvalue weighted by molar-refractivity contribution is 8.93. The number of halogens is 1. The van der Waals surface area contributed by atoms with E-state index in [1.807, 2.05) is 18.3 Å². The third kappa shape index (κ3) is 4.93. The van der Waals surface area contributed by atoms with Crippen LogP contribution < -0.4 is 6.15 Å². The lowest BCUT2D eigenvalue weighted by atomic mass is 10.2. The fourth-order valence-electron chi connectivity index (χ4n) is 0.802. The van der Waals surface area contributed by atoms with E-state index in [-0.39, 0.29) is 23.1 Å². The molecule has 0 spiro atoms. The predicted octanol–water partition coefficient (Wildman–Crippen LogP) is 2.77. The van der Waals surface area contributed by atoms with Gasteiger partial charge >= 0.3 is 0 Å². The van der Waals surface area contributed by atoms with Crippen LogP contribution in [0.5, 0.6) is 0 Å². The van der Waals surface area contributed by atoms with Gasteiger partial charge in [-0.05, 0) is 18.6 Å². The summed E-state index contributed by atoms with van der Waals surface area (Å²) in [6.45, 7) is 2.16. The molecule has 3 heteroatoms. The van der Waals surface area contributed by atoms with Crippen LogP contribution in [-0.4, -0.2) is 4.98 Å². The molecule has 2 nitrogen and oxygen atoms in total. The molecule has 0 amide bonds. The standard InChI is InChI=1S/C8H11N.BrH.H3N/c1-2-5-8-6-3-4-7-9-8;;/h3-4,6-7H,2,5H2,1H3;1H;1H3. The summed E-state index contributed by atoms with van der Waals surface area (Å²) >= 11 is 0. The smallest absolute Gasteiger partial charge is 0.0403 e. The number of rotatable bonds is 2. The zero-order chi connectivity index (χ0) is 6.53. The molecular weight excluding hydrogens is 204 g/mol. The van der Waals surface area contributed by atoms with Crippen LogP contribution in [-0.2, 0) is 6.42 Å². The Kier molecular flexibility index (Phi) is 9.23. The number of nitrogens with zero attached hydrogens (tertiary/aromatic N) is 1. The van der Waals surface area contributed by atoms with E-state index in [1.165, 1.54) is 12.1 Å². The highest BCUT2D eigenvalue weighted by Gasteiger charge is 1.86. The summed E-state index contributed by atoms with van der Waals surface area (Å²) in [5.74, 6) is 0. The highest BCUT2D eigenvalue weighted by Crippen LogP contribution is 1.95. The van der Waals surface area contributed by atoms with Crippen molar-refractivity contribution in [3.05, 3.63) is 30.1 Å². The number of aromatic nitrogens is 1. The monoisotopic (exact) mass is 218 g/mol. The Hall–Kier alpha value is -0.410. The molecule has 1 aromatic heterocycles. The average molecular weight is 219 g/mol. The summed E-state index contributed by atoms with van der Waals surface area (Å²) < 4.78 is 0. The van der Waals surface area contributed by atoms with E-state index in [9.17, 15) is 0 Å². The molecular formula is C8H15BrN2. The minimum Gasteiger partial charge on any atom is -0.344 e. The fraction of sp³-hybridized carbons (Fsp3) is 0.375. The van der Waals surface area contributed by atoms with Gasteiger partial charge in [-0.3, -0.25) is 4.98 Å². The third-order valence-electron chi connectivity index (χ3n) is 1.23. The Balaban J connectivity index is 0. The number of hydrogen-bond acceptors (Lipinski definition) is 2. The maximum absolute atomic E-state index is 4.17. The topological polar surface area (TPSA) is 47.9 Å². The van der Waals surface area contributed by atoms with Crippen LogP contribution in [0, 0.1) is 0 Å². The lowest BCUT2D eigenvalue weighted by molar-refractivity contribution is 0.883. The summed E-state index contributed by atoms with van der Waals surface area (Å²) in [6, 6.07) is 6.03. The van der Waals surface area contributed by atoms with E-state index in [0.717, 1.165) is 6.42 Å². The van der Waals surface area contributed by atoms with Gasteiger partial charge in [-0.1, -0.05) is 19.4 Å². The minimum atomic E-state index is 0. The summed E-state index contributed by atoms with van der Waals surface area (Å²) in [5.41, 5.74) is 1.19. The molecule has 0 bridgehead atoms. The van der Waals surface area contributed by atoms with Crippen LogP contribution in [0.3, 0.4) is 0 Å². The summed E-state index contributed by atoms with van der Waals surface area (Å²) in [7, 11) is 0. The first-order chi connectivity index (χ1) is 4.43. The molecule has 0 saturated carbocycles. The molecule has 0 aromatic carbocycles. The van der Waals surface area contributed by atoms with Gasteiger partial charge in [0.1, 0.15) is 0 Å². The van der Waals surface area contributed by atoms with E-state index >= 15 is 0 Å². The normalized spacial score (nSPS) is 7.73. The van der Waals surface area contributed by atoms with Gasteiger partial charge in [0, 0.05) is 11.9 Å². The van der Waals surface area contributed by atoms with Crippen LogP contribution in [0.15, 0.2) is 24.4 Å². The molecule has 0 aliphatic rings. The van der Waals surface area contributed by atoms with Gasteiger partial charge in [0.15, 0.2) is 0 Å². The van der Waals surface area contributed by atoms with E-state index in [4.69, 9.17) is 0 Å². The molecule has 1 heterocycles. The first-order valence-corrected chi connectivity index (χ1v) is 3.33. The van der Waals surface area contributed by atoms with Crippen molar-refractivity contribution in [3.63, 3.8) is 0 Å². The summed E-state index contributed by atoms with van der Waals surface area (Å²) in [4.78, 5) is 4.17. The minimum absolute atomic E-state index is 0. The molecule has 64 valence electrons. The fourth-order valence-corrected chi connectivity index (χ4v) is 0.802. The van der Waals surface area contributed by atoms with Gasteiger partial charge in [0.05, 0.1) is 0 Å². The van der Waals surface area contributed by atoms with Crippen molar-refractivity contribution in [2.45, 2.75) is 19.8 Å². The number of pyridine rings is 1. The van der Waals surface area contributed by atoms with Gasteiger partial charge in [0.2, 0.25) is 0 Å². The van der Waals surface area contributed by atoms with Crippen LogP contribution in [0.25, 0.3) is 0 Å². The molecule has 0 fully saturated rings. The quantitative estimate of drug-likeness (QED) is 0.831. The highest BCUT2D eigenvalue weighted by atomic mass is 79.9. The van der Waals surface area contributed by atoms with Crippen molar-refractivity contribution in [2.24, 2.45) is 0 Å². The Morgan fingerprint density at radius 2 is 2.09 bits per heavy atom. The van der Waals surface area contributed by atoms with E-state index in [2.05, 4.69) is 18.0 Å². The average Bonchev–Trinajstić information content (AvgIpc) is 1.91. The van der Waals surface area contributed by atoms with Gasteiger partial charge in [0.25, 0.3) is 0 Å². The van der Waals surface area contributed by atoms with Crippen LogP contribution in [0.4, 0.5) is 0 Å². The van der Waals surface area contributed by atoms with Crippen LogP contribution >= 0.6 is 17.0 Å². The molecule has 0 atom stereocenters. The van der Waals surface area contributed by atoms with Crippen molar-refractivity contribution in [3.8, 4) is 0 Å². The SMILES string of the molecule is Br.CCCc1ccccn1.N. The third-order valence-corrected chi connectivity index (χ3v) is 1.23. The van der Waals surface area contributed by atoms with E-state index < -0.39 is 0 Å². The van der Waals surface area contributed by atoms with Crippen molar-refractivity contribution in [1.29, 1.82) is 0 Å². The lowest BCUT2D eigenvalue weighted by Gasteiger charge is -1.92. The van der Waals surface area contributed by atoms with E-state index in [1.54, 1.807) is 0 Å². The zero-order valence-corrected chi connectivity index (χ0v) is 8.50. The maximum atomic E-state index is 4.17. The first kappa shape index (κ1) is 13.2. The zero-order valence-electron chi connectivity index (χ0n) is 6.79. The van der Waals surface area contributed by atoms with Gasteiger partial charge in [-0.25, -0.2) is 0 Å². The largest absolute Gasteiger partial charge is 0.344 e. The second kappa shape index (κ2) is 7.69. The number of aryl methyl sites for hydroxylation is 1. The van der Waals surface area contributed by atoms with Gasteiger partial charge in [-0.15, -0.1) is 17.0 Å². The van der Waals surface area contributed by atoms with Crippen molar-refractivity contribution in [2.75, 3.05) is 0 Å². The Bertz CT molecular complexity index is 165. The maximum Gasteiger partial charge on any atom is 0.0403 e. The second-order valence-electron chi connectivity index (χ2n) is 2.07. The van der Waals surface area contributed by atoms with Gasteiger partial charge in [-0.2, -0.15) is 0 Å². The van der Waals surface area contributed by atoms with Crippen molar-refractivity contribution < 1.29 is 0 Å². The molecule has 11 heavy (non-hydrogen) atoms. The molecule has 0 radical (unpaired) electrons. The molecule has 0 unspecified atom stereocenters. The first-order valence-electron chi connectivity index (χ1n) is 3.33. The van der Waals surface area contributed by atoms with Crippen molar-refractivity contribution in [1.82, 2.24) is 11.1 Å². The van der Waals surface area contributed by atoms with Crippen molar-refractivity contribution >= 4 is 17.0 Å². The molecule has 3 N–H and O–H groups in total. The molecule has 0 saturated heterocycles.